The molecule has 244 valence electrons. The first-order valence-electron chi connectivity index (χ1n) is 17.9. The van der Waals surface area contributed by atoms with E-state index in [4.69, 9.17) is 0 Å². The normalized spacial score (nSPS) is 11.9. The highest BCUT2D eigenvalue weighted by atomic mass is 15.0. The van der Waals surface area contributed by atoms with Crippen LogP contribution in [0.15, 0.2) is 182 Å². The topological polar surface area (TPSA) is 14.8 Å². The number of nitrogens with zero attached hydrogens (tertiary/aromatic N) is 3. The van der Waals surface area contributed by atoms with Crippen LogP contribution in [0, 0.1) is 6.92 Å². The minimum atomic E-state index is 1.16. The van der Waals surface area contributed by atoms with E-state index in [1.807, 2.05) is 0 Å². The molecule has 0 atom stereocenters. The van der Waals surface area contributed by atoms with Crippen molar-refractivity contribution in [3.63, 3.8) is 0 Å². The molecule has 0 aliphatic heterocycles. The zero-order valence-corrected chi connectivity index (χ0v) is 28.7. The number of para-hydroxylation sites is 5. The second-order valence-electron chi connectivity index (χ2n) is 13.8. The molecule has 0 bridgehead atoms. The van der Waals surface area contributed by atoms with Gasteiger partial charge in [0.2, 0.25) is 0 Å². The fourth-order valence-electron chi connectivity index (χ4n) is 8.65. The van der Waals surface area contributed by atoms with E-state index in [1.165, 1.54) is 93.5 Å². The van der Waals surface area contributed by atoms with Crippen LogP contribution in [0.2, 0.25) is 0 Å². The lowest BCUT2D eigenvalue weighted by Crippen LogP contribution is -1.96. The van der Waals surface area contributed by atoms with E-state index in [0.717, 1.165) is 5.69 Å². The van der Waals surface area contributed by atoms with E-state index in [-0.39, 0.29) is 0 Å². The molecule has 0 fully saturated rings. The Morgan fingerprint density at radius 1 is 0.288 bits per heavy atom. The first kappa shape index (κ1) is 28.9. The van der Waals surface area contributed by atoms with Crippen LogP contribution in [0.3, 0.4) is 0 Å². The molecule has 3 nitrogen and oxygen atoms in total. The molecule has 0 aliphatic carbocycles. The van der Waals surface area contributed by atoms with Gasteiger partial charge in [0.05, 0.1) is 33.1 Å². The van der Waals surface area contributed by atoms with Crippen molar-refractivity contribution in [1.29, 1.82) is 0 Å². The number of benzene rings is 8. The van der Waals surface area contributed by atoms with Crippen molar-refractivity contribution in [2.45, 2.75) is 6.92 Å². The molecule has 0 unspecified atom stereocenters. The molecular weight excluding hydrogens is 631 g/mol. The lowest BCUT2D eigenvalue weighted by Gasteiger charge is -2.11. The van der Waals surface area contributed by atoms with Gasteiger partial charge in [-0.2, -0.15) is 0 Å². The number of fused-ring (bicyclic) bond motifs is 9. The van der Waals surface area contributed by atoms with E-state index in [0.29, 0.717) is 0 Å². The molecule has 0 amide bonds. The standard InChI is InChI=1S/C49H33N3/c1-32-13-12-20-40-43-31-37(25-28-48(43)52(49(32)40)36-16-6-3-7-17-36)51-45-22-11-9-19-39(45)42-30-34(24-27-47(42)51)33-23-26-46-41(29-33)38-18-8-10-21-44(38)50(46)35-14-4-2-5-15-35/h2-31H,1H3. The molecule has 3 heterocycles. The summed E-state index contributed by atoms with van der Waals surface area (Å²) < 4.78 is 7.22. The fourth-order valence-corrected chi connectivity index (χ4v) is 8.65. The maximum absolute atomic E-state index is 2.44. The van der Waals surface area contributed by atoms with Crippen LogP contribution in [0.5, 0.6) is 0 Å². The summed E-state index contributed by atoms with van der Waals surface area (Å²) in [5.74, 6) is 0. The zero-order valence-electron chi connectivity index (χ0n) is 28.7. The number of rotatable bonds is 4. The van der Waals surface area contributed by atoms with Crippen LogP contribution >= 0.6 is 0 Å². The maximum atomic E-state index is 2.44. The molecule has 0 saturated carbocycles. The first-order valence-corrected chi connectivity index (χ1v) is 17.9. The molecular formula is C49H33N3. The Balaban J connectivity index is 1.11. The summed E-state index contributed by atoms with van der Waals surface area (Å²) in [4.78, 5) is 0. The Morgan fingerprint density at radius 2 is 0.731 bits per heavy atom. The van der Waals surface area contributed by atoms with Crippen molar-refractivity contribution >= 4 is 65.4 Å². The molecule has 3 aromatic heterocycles. The molecule has 0 radical (unpaired) electrons. The van der Waals surface area contributed by atoms with Crippen LogP contribution in [0.4, 0.5) is 0 Å². The Hall–Kier alpha value is -6.84. The van der Waals surface area contributed by atoms with Gasteiger partial charge in [-0.15, -0.1) is 0 Å². The van der Waals surface area contributed by atoms with Crippen molar-refractivity contribution in [3.8, 4) is 28.2 Å². The van der Waals surface area contributed by atoms with Crippen LogP contribution in [0.25, 0.3) is 93.6 Å². The van der Waals surface area contributed by atoms with E-state index in [9.17, 15) is 0 Å². The molecule has 0 N–H and O–H groups in total. The third-order valence-corrected chi connectivity index (χ3v) is 10.9. The minimum absolute atomic E-state index is 1.16. The first-order chi connectivity index (χ1) is 25.7. The summed E-state index contributed by atoms with van der Waals surface area (Å²) in [5, 5.41) is 7.56. The van der Waals surface area contributed by atoms with Gasteiger partial charge in [-0.1, -0.05) is 103 Å². The van der Waals surface area contributed by atoms with Gasteiger partial charge in [-0.25, -0.2) is 0 Å². The quantitative estimate of drug-likeness (QED) is 0.178. The number of aryl methyl sites for hydroxylation is 1. The Labute approximate surface area is 300 Å². The lowest BCUT2D eigenvalue weighted by atomic mass is 10.0. The fraction of sp³-hybridized carbons (Fsp3) is 0.0204. The molecule has 52 heavy (non-hydrogen) atoms. The molecule has 0 saturated heterocycles. The van der Waals surface area contributed by atoms with Gasteiger partial charge >= 0.3 is 0 Å². The van der Waals surface area contributed by atoms with E-state index >= 15 is 0 Å². The average Bonchev–Trinajstić information content (AvgIpc) is 3.84. The highest BCUT2D eigenvalue weighted by molar-refractivity contribution is 6.14. The predicted octanol–water partition coefficient (Wildman–Crippen LogP) is 13.0. The van der Waals surface area contributed by atoms with E-state index in [1.54, 1.807) is 0 Å². The number of aromatic nitrogens is 3. The van der Waals surface area contributed by atoms with Crippen molar-refractivity contribution in [1.82, 2.24) is 13.7 Å². The molecule has 0 aliphatic rings. The van der Waals surface area contributed by atoms with Crippen molar-refractivity contribution in [2.75, 3.05) is 0 Å². The van der Waals surface area contributed by atoms with Crippen LogP contribution in [0.1, 0.15) is 5.56 Å². The smallest absolute Gasteiger partial charge is 0.0570 e. The Morgan fingerprint density at radius 3 is 1.35 bits per heavy atom. The van der Waals surface area contributed by atoms with Gasteiger partial charge in [-0.05, 0) is 102 Å². The summed E-state index contributed by atoms with van der Waals surface area (Å²) >= 11 is 0. The summed E-state index contributed by atoms with van der Waals surface area (Å²) in [6.45, 7) is 2.21. The highest BCUT2D eigenvalue weighted by Crippen LogP contribution is 2.40. The van der Waals surface area contributed by atoms with Gasteiger partial charge < -0.3 is 13.7 Å². The van der Waals surface area contributed by atoms with Crippen molar-refractivity contribution < 1.29 is 0 Å². The summed E-state index contributed by atoms with van der Waals surface area (Å²) in [5.41, 5.74) is 14.5. The molecule has 0 spiro atoms. The molecule has 3 heteroatoms. The summed E-state index contributed by atoms with van der Waals surface area (Å²) in [6, 6.07) is 66.5. The number of hydrogen-bond donors (Lipinski definition) is 0. The van der Waals surface area contributed by atoms with E-state index in [2.05, 4.69) is 203 Å². The van der Waals surface area contributed by atoms with Gasteiger partial charge in [-0.3, -0.25) is 0 Å². The Bertz CT molecular complexity index is 3180. The highest BCUT2D eigenvalue weighted by Gasteiger charge is 2.19. The zero-order chi connectivity index (χ0) is 34.3. The van der Waals surface area contributed by atoms with Gasteiger partial charge in [0.25, 0.3) is 0 Å². The van der Waals surface area contributed by atoms with Crippen LogP contribution in [-0.2, 0) is 0 Å². The van der Waals surface area contributed by atoms with Gasteiger partial charge in [0.15, 0.2) is 0 Å². The predicted molar refractivity (Wildman–Crippen MR) is 220 cm³/mol. The minimum Gasteiger partial charge on any atom is -0.309 e. The number of hydrogen-bond acceptors (Lipinski definition) is 0. The third-order valence-electron chi connectivity index (χ3n) is 10.9. The van der Waals surface area contributed by atoms with Crippen LogP contribution in [-0.4, -0.2) is 13.7 Å². The van der Waals surface area contributed by atoms with Crippen molar-refractivity contribution in [2.24, 2.45) is 0 Å². The second-order valence-corrected chi connectivity index (χ2v) is 13.8. The largest absolute Gasteiger partial charge is 0.309 e. The molecule has 11 rings (SSSR count). The van der Waals surface area contributed by atoms with E-state index < -0.39 is 0 Å². The van der Waals surface area contributed by atoms with Crippen LogP contribution < -0.4 is 0 Å². The molecule has 8 aromatic carbocycles. The molecule has 11 aromatic rings. The van der Waals surface area contributed by atoms with Gasteiger partial charge in [0, 0.05) is 49.4 Å². The average molecular weight is 664 g/mol. The second kappa shape index (κ2) is 11.1. The Kier molecular flexibility index (Phi) is 6.17. The lowest BCUT2D eigenvalue weighted by molar-refractivity contribution is 1.16. The monoisotopic (exact) mass is 663 g/mol. The van der Waals surface area contributed by atoms with Gasteiger partial charge in [0.1, 0.15) is 0 Å². The summed E-state index contributed by atoms with van der Waals surface area (Å²) in [7, 11) is 0. The third kappa shape index (κ3) is 4.14. The maximum Gasteiger partial charge on any atom is 0.0570 e. The SMILES string of the molecule is Cc1cccc2c3cc(-n4c5ccccc5c5cc(-c6ccc7c(c6)c6ccccc6n7-c6ccccc6)ccc54)ccc3n(-c3ccccc3)c12. The van der Waals surface area contributed by atoms with Crippen molar-refractivity contribution in [3.05, 3.63) is 188 Å². The summed E-state index contributed by atoms with van der Waals surface area (Å²) in [6.07, 6.45) is 0.